The van der Waals surface area contributed by atoms with E-state index in [0.29, 0.717) is 34.4 Å². The number of carbonyl (C=O) groups is 2. The second kappa shape index (κ2) is 7.53. The number of hydrogen-bond acceptors (Lipinski definition) is 6. The number of amidine groups is 1. The fourth-order valence-electron chi connectivity index (χ4n) is 3.06. The zero-order valence-corrected chi connectivity index (χ0v) is 16.1. The van der Waals surface area contributed by atoms with E-state index in [9.17, 15) is 9.59 Å². The van der Waals surface area contributed by atoms with E-state index in [-0.39, 0.29) is 12.0 Å². The third kappa shape index (κ3) is 3.49. The van der Waals surface area contributed by atoms with Crippen molar-refractivity contribution in [1.29, 1.82) is 0 Å². The Morgan fingerprint density at radius 2 is 2.15 bits per heavy atom. The predicted molar refractivity (Wildman–Crippen MR) is 101 cm³/mol. The van der Waals surface area contributed by atoms with Gasteiger partial charge in [0.15, 0.2) is 5.17 Å². The van der Waals surface area contributed by atoms with E-state index in [2.05, 4.69) is 4.99 Å². The van der Waals surface area contributed by atoms with Crippen LogP contribution in [-0.2, 0) is 14.3 Å². The van der Waals surface area contributed by atoms with Crippen LogP contribution in [0, 0.1) is 0 Å². The van der Waals surface area contributed by atoms with Gasteiger partial charge in [-0.05, 0) is 38.5 Å². The number of allylic oxidation sites excluding steroid dienone is 1. The first-order valence-corrected chi connectivity index (χ1v) is 9.50. The van der Waals surface area contributed by atoms with Gasteiger partial charge in [0.05, 0.1) is 30.5 Å². The molecular formula is C19H22N2O4S. The van der Waals surface area contributed by atoms with Crippen LogP contribution in [0.25, 0.3) is 0 Å². The Morgan fingerprint density at radius 1 is 1.38 bits per heavy atom. The Kier molecular flexibility index (Phi) is 5.36. The van der Waals surface area contributed by atoms with E-state index in [1.165, 1.54) is 11.8 Å². The van der Waals surface area contributed by atoms with Crippen LogP contribution in [0.4, 0.5) is 0 Å². The maximum absolute atomic E-state index is 12.8. The lowest BCUT2D eigenvalue weighted by Gasteiger charge is -2.39. The number of fused-ring (bicyclic) bond motifs is 1. The maximum atomic E-state index is 12.8. The molecule has 0 saturated carbocycles. The molecule has 0 aromatic heterocycles. The number of ether oxygens (including phenoxy) is 2. The van der Waals surface area contributed by atoms with Crippen molar-refractivity contribution in [3.05, 3.63) is 41.1 Å². The second-order valence-corrected chi connectivity index (χ2v) is 7.45. The smallest absolute Gasteiger partial charge is 0.338 e. The first-order valence-electron chi connectivity index (χ1n) is 8.51. The van der Waals surface area contributed by atoms with Gasteiger partial charge in [-0.2, -0.15) is 0 Å². The number of esters is 1. The Labute approximate surface area is 157 Å². The number of hydrogen-bond donors (Lipinski definition) is 0. The number of thioether (sulfide) groups is 1. The van der Waals surface area contributed by atoms with E-state index < -0.39 is 12.0 Å². The van der Waals surface area contributed by atoms with E-state index in [1.54, 1.807) is 32.8 Å². The minimum atomic E-state index is -0.566. The highest BCUT2D eigenvalue weighted by Gasteiger charge is 2.41. The Bertz CT molecular complexity index is 800. The summed E-state index contributed by atoms with van der Waals surface area (Å²) in [5, 5.41) is 0.632. The van der Waals surface area contributed by atoms with E-state index in [0.717, 1.165) is 5.56 Å². The van der Waals surface area contributed by atoms with Gasteiger partial charge in [-0.1, -0.05) is 23.9 Å². The number of benzene rings is 1. The van der Waals surface area contributed by atoms with Gasteiger partial charge >= 0.3 is 5.97 Å². The summed E-state index contributed by atoms with van der Waals surface area (Å²) in [4.78, 5) is 31.6. The minimum Gasteiger partial charge on any atom is -0.497 e. The summed E-state index contributed by atoms with van der Waals surface area (Å²) in [6.07, 6.45) is 0.154. The predicted octanol–water partition coefficient (Wildman–Crippen LogP) is 3.30. The van der Waals surface area contributed by atoms with Crippen LogP contribution in [0.2, 0.25) is 0 Å². The molecule has 138 valence electrons. The number of amides is 1. The fraction of sp³-hybridized carbons (Fsp3) is 0.421. The highest BCUT2D eigenvalue weighted by atomic mass is 32.2. The molecule has 7 heteroatoms. The van der Waals surface area contributed by atoms with Crippen LogP contribution in [0.3, 0.4) is 0 Å². The number of carbonyl (C=O) groups excluding carboxylic acids is 2. The number of aliphatic imine (C=N–C) groups is 1. The van der Waals surface area contributed by atoms with Gasteiger partial charge in [0, 0.05) is 12.2 Å². The molecular weight excluding hydrogens is 352 g/mol. The second-order valence-electron chi connectivity index (χ2n) is 6.39. The Morgan fingerprint density at radius 3 is 2.85 bits per heavy atom. The van der Waals surface area contributed by atoms with Gasteiger partial charge in [-0.3, -0.25) is 9.69 Å². The van der Waals surface area contributed by atoms with Crippen molar-refractivity contribution < 1.29 is 19.1 Å². The fourth-order valence-corrected chi connectivity index (χ4v) is 4.07. The molecule has 1 aromatic rings. The third-order valence-electron chi connectivity index (χ3n) is 4.18. The third-order valence-corrected chi connectivity index (χ3v) is 5.13. The van der Waals surface area contributed by atoms with Gasteiger partial charge < -0.3 is 9.47 Å². The normalized spacial score (nSPS) is 20.0. The largest absolute Gasteiger partial charge is 0.497 e. The quantitative estimate of drug-likeness (QED) is 0.757. The summed E-state index contributed by atoms with van der Waals surface area (Å²) in [5.41, 5.74) is 1.77. The standard InChI is InChI=1S/C19H22N2O4S/c1-11(2)25-18(23)16-12(3)20-19-21(15(22)8-9-26-19)17(16)13-6-5-7-14(10-13)24-4/h5-7,10-11,17H,8-9H2,1-4H3/t17-/m0/s1. The average molecular weight is 374 g/mol. The summed E-state index contributed by atoms with van der Waals surface area (Å²) >= 11 is 1.53. The molecule has 2 aliphatic rings. The van der Waals surface area contributed by atoms with Crippen molar-refractivity contribution in [2.75, 3.05) is 12.9 Å². The Hall–Kier alpha value is -2.28. The summed E-state index contributed by atoms with van der Waals surface area (Å²) in [7, 11) is 1.59. The van der Waals surface area contributed by atoms with Crippen LogP contribution in [0.15, 0.2) is 40.5 Å². The zero-order chi connectivity index (χ0) is 18.8. The molecule has 1 saturated heterocycles. The number of methoxy groups -OCH3 is 1. The van der Waals surface area contributed by atoms with E-state index in [1.807, 2.05) is 24.3 Å². The molecule has 0 radical (unpaired) electrons. The molecule has 1 atom stereocenters. The van der Waals surface area contributed by atoms with Crippen LogP contribution in [0.5, 0.6) is 5.75 Å². The lowest BCUT2D eigenvalue weighted by atomic mass is 9.94. The highest BCUT2D eigenvalue weighted by molar-refractivity contribution is 8.14. The lowest BCUT2D eigenvalue weighted by Crippen LogP contribution is -2.46. The number of nitrogens with zero attached hydrogens (tertiary/aromatic N) is 2. The zero-order valence-electron chi connectivity index (χ0n) is 15.3. The summed E-state index contributed by atoms with van der Waals surface area (Å²) < 4.78 is 10.8. The molecule has 0 spiro atoms. The molecule has 1 amide bonds. The van der Waals surface area contributed by atoms with Gasteiger partial charge in [-0.25, -0.2) is 9.79 Å². The van der Waals surface area contributed by atoms with Crippen molar-refractivity contribution in [2.24, 2.45) is 4.99 Å². The van der Waals surface area contributed by atoms with Crippen molar-refractivity contribution in [3.63, 3.8) is 0 Å². The molecule has 0 aliphatic carbocycles. The first kappa shape index (κ1) is 18.5. The molecule has 0 unspecified atom stereocenters. The molecule has 0 N–H and O–H groups in total. The van der Waals surface area contributed by atoms with Gasteiger partial charge in [0.25, 0.3) is 0 Å². The van der Waals surface area contributed by atoms with Gasteiger partial charge in [-0.15, -0.1) is 0 Å². The SMILES string of the molecule is COc1cccc([C@H]2C(C(=O)OC(C)C)=C(C)N=C3SCCC(=O)N32)c1. The van der Waals surface area contributed by atoms with Crippen molar-refractivity contribution in [2.45, 2.75) is 39.3 Å². The highest BCUT2D eigenvalue weighted by Crippen LogP contribution is 2.41. The molecule has 1 aromatic carbocycles. The molecule has 2 aliphatic heterocycles. The summed E-state index contributed by atoms with van der Waals surface area (Å²) in [6, 6.07) is 6.84. The van der Waals surface area contributed by atoms with E-state index in [4.69, 9.17) is 9.47 Å². The maximum Gasteiger partial charge on any atom is 0.338 e. The Balaban J connectivity index is 2.14. The minimum absolute atomic E-state index is 0.0438. The van der Waals surface area contributed by atoms with Crippen LogP contribution < -0.4 is 4.74 Å². The van der Waals surface area contributed by atoms with Crippen molar-refractivity contribution in [3.8, 4) is 5.75 Å². The van der Waals surface area contributed by atoms with Gasteiger partial charge in [0.2, 0.25) is 5.91 Å². The number of rotatable bonds is 4. The van der Waals surface area contributed by atoms with E-state index >= 15 is 0 Å². The molecule has 6 nitrogen and oxygen atoms in total. The van der Waals surface area contributed by atoms with Crippen LogP contribution >= 0.6 is 11.8 Å². The van der Waals surface area contributed by atoms with Crippen LogP contribution in [-0.4, -0.2) is 40.9 Å². The molecule has 2 heterocycles. The summed E-state index contributed by atoms with van der Waals surface area (Å²) in [5.74, 6) is 0.866. The molecule has 1 fully saturated rings. The average Bonchev–Trinajstić information content (AvgIpc) is 2.60. The molecule has 0 bridgehead atoms. The van der Waals surface area contributed by atoms with Crippen molar-refractivity contribution >= 4 is 28.8 Å². The van der Waals surface area contributed by atoms with Gasteiger partial charge in [0.1, 0.15) is 5.75 Å². The first-order chi connectivity index (χ1) is 12.4. The van der Waals surface area contributed by atoms with Crippen molar-refractivity contribution in [1.82, 2.24) is 4.90 Å². The monoisotopic (exact) mass is 374 g/mol. The summed E-state index contributed by atoms with van der Waals surface area (Å²) in [6.45, 7) is 5.38. The lowest BCUT2D eigenvalue weighted by molar-refractivity contribution is -0.143. The van der Waals surface area contributed by atoms with Crippen LogP contribution in [0.1, 0.15) is 38.8 Å². The topological polar surface area (TPSA) is 68.2 Å². The molecule has 26 heavy (non-hydrogen) atoms. The molecule has 3 rings (SSSR count).